The van der Waals surface area contributed by atoms with E-state index < -0.39 is 16.1 Å². The van der Waals surface area contributed by atoms with Gasteiger partial charge in [-0.3, -0.25) is 4.98 Å². The normalized spacial score (nSPS) is 22.8. The van der Waals surface area contributed by atoms with Crippen LogP contribution in [0.2, 0.25) is 0 Å². The fourth-order valence-corrected chi connectivity index (χ4v) is 8.99. The van der Waals surface area contributed by atoms with Crippen molar-refractivity contribution in [2.75, 3.05) is 36.0 Å². The van der Waals surface area contributed by atoms with Gasteiger partial charge in [0.1, 0.15) is 10.6 Å². The molecule has 250 valence electrons. The molecule has 0 saturated carbocycles. The van der Waals surface area contributed by atoms with Crippen LogP contribution in [0.5, 0.6) is 0 Å². The average molecular weight is 666 g/mol. The lowest BCUT2D eigenvalue weighted by Gasteiger charge is -2.44. The van der Waals surface area contributed by atoms with Crippen LogP contribution in [0.25, 0.3) is 11.2 Å². The first kappa shape index (κ1) is 31.5. The van der Waals surface area contributed by atoms with Gasteiger partial charge in [-0.2, -0.15) is 5.26 Å². The first-order valence-corrected chi connectivity index (χ1v) is 18.4. The fraction of sp³-hybridized carbons (Fsp3) is 0.528. The van der Waals surface area contributed by atoms with E-state index in [1.807, 2.05) is 56.0 Å². The number of benzene rings is 1. The number of fused-ring (bicyclic) bond motifs is 3. The summed E-state index contributed by atoms with van der Waals surface area (Å²) in [5, 5.41) is 15.2. The molecule has 4 aromatic rings. The van der Waals surface area contributed by atoms with Crippen LogP contribution in [0.15, 0.2) is 42.7 Å². The number of rotatable bonds is 5. The second-order valence-corrected chi connectivity index (χ2v) is 16.7. The predicted octanol–water partition coefficient (Wildman–Crippen LogP) is 5.81. The highest BCUT2D eigenvalue weighted by molar-refractivity contribution is 7.90. The molecule has 2 fully saturated rings. The Morgan fingerprint density at radius 1 is 1.08 bits per heavy atom. The molecular weight excluding hydrogens is 623 g/mol. The van der Waals surface area contributed by atoms with E-state index in [0.717, 1.165) is 111 Å². The molecule has 0 radical (unpaired) electrons. The molecule has 8 rings (SSSR count). The molecule has 3 aliphatic heterocycles. The Morgan fingerprint density at radius 3 is 2.71 bits per heavy atom. The lowest BCUT2D eigenvalue weighted by atomic mass is 9.73. The van der Waals surface area contributed by atoms with Crippen LogP contribution in [0.1, 0.15) is 94.0 Å². The number of piperidine rings is 1. The average Bonchev–Trinajstić information content (AvgIpc) is 3.63. The molecule has 2 saturated heterocycles. The third kappa shape index (κ3) is 5.41. The van der Waals surface area contributed by atoms with Gasteiger partial charge >= 0.3 is 0 Å². The van der Waals surface area contributed by atoms with Gasteiger partial charge in [0.05, 0.1) is 35.3 Å². The van der Waals surface area contributed by atoms with Gasteiger partial charge in [0, 0.05) is 49.2 Å². The minimum Gasteiger partial charge on any atom is -0.598 e. The minimum atomic E-state index is -1.28. The number of hydrogen-bond acceptors (Lipinski definition) is 10. The first-order valence-electron chi connectivity index (χ1n) is 17.3. The van der Waals surface area contributed by atoms with Crippen molar-refractivity contribution in [3.8, 4) is 6.07 Å². The standard InChI is InChI=1S/C36H43N9O2S/c1-35(2,3)48(46)42-32-30-24(9-6-10-25(30)22-37)21-36(32)14-18-43(19-15-36)28-23-39-31-33(40-28)45(29-13-4-5-20-47-29)41-34(31)44-17-8-11-26-27(44)12-7-16-38-26/h6-7,9-10,12,16,23,29,32,42H,4-5,8,11,13-15,17-21H2,1-3H3/t29-,32-,48?/m1/s1. The van der Waals surface area contributed by atoms with Gasteiger partial charge in [-0.05, 0) is 101 Å². The molecule has 1 aliphatic carbocycles. The second kappa shape index (κ2) is 12.3. The molecule has 4 aliphatic rings. The Kier molecular flexibility index (Phi) is 8.06. The number of aryl methyl sites for hydroxylation is 1. The molecule has 11 nitrogen and oxygen atoms in total. The third-order valence-electron chi connectivity index (χ3n) is 10.6. The summed E-state index contributed by atoms with van der Waals surface area (Å²) in [5.74, 6) is 1.64. The van der Waals surface area contributed by atoms with Gasteiger partial charge in [0.25, 0.3) is 0 Å². The van der Waals surface area contributed by atoms with E-state index in [4.69, 9.17) is 19.8 Å². The highest BCUT2D eigenvalue weighted by atomic mass is 32.2. The Labute approximate surface area is 285 Å². The van der Waals surface area contributed by atoms with Crippen LogP contribution >= 0.6 is 0 Å². The van der Waals surface area contributed by atoms with E-state index in [1.165, 1.54) is 5.56 Å². The molecule has 3 aromatic heterocycles. The molecule has 1 unspecified atom stereocenters. The summed E-state index contributed by atoms with van der Waals surface area (Å²) < 4.78 is 24.8. The van der Waals surface area contributed by atoms with Crippen molar-refractivity contribution in [1.82, 2.24) is 29.5 Å². The topological polar surface area (TPSA) is 131 Å². The molecule has 48 heavy (non-hydrogen) atoms. The number of ether oxygens (including phenoxy) is 1. The van der Waals surface area contributed by atoms with Crippen molar-refractivity contribution in [2.45, 2.75) is 89.2 Å². The number of nitrogens with one attached hydrogen (secondary N) is 1. The predicted molar refractivity (Wildman–Crippen MR) is 186 cm³/mol. The number of nitriles is 1. The maximum Gasteiger partial charge on any atom is 0.183 e. The van der Waals surface area contributed by atoms with Gasteiger partial charge < -0.3 is 19.1 Å². The van der Waals surface area contributed by atoms with Gasteiger partial charge in [-0.15, -0.1) is 9.82 Å². The molecule has 1 aromatic carbocycles. The van der Waals surface area contributed by atoms with Crippen LogP contribution in [0, 0.1) is 16.7 Å². The number of aromatic nitrogens is 5. The minimum absolute atomic E-state index is 0.148. The summed E-state index contributed by atoms with van der Waals surface area (Å²) in [7, 11) is 0. The highest BCUT2D eigenvalue weighted by Crippen LogP contribution is 2.54. The van der Waals surface area contributed by atoms with Gasteiger partial charge in [-0.1, -0.05) is 12.1 Å². The fourth-order valence-electron chi connectivity index (χ4n) is 8.06. The monoisotopic (exact) mass is 665 g/mol. The molecule has 0 amide bonds. The quantitative estimate of drug-likeness (QED) is 0.261. The lowest BCUT2D eigenvalue weighted by molar-refractivity contribution is -0.0368. The number of hydrogen-bond donors (Lipinski definition) is 1. The zero-order valence-electron chi connectivity index (χ0n) is 28.0. The second-order valence-electron chi connectivity index (χ2n) is 14.7. The Balaban J connectivity index is 1.11. The van der Waals surface area contributed by atoms with Crippen molar-refractivity contribution in [2.24, 2.45) is 5.41 Å². The number of anilines is 3. The van der Waals surface area contributed by atoms with E-state index in [-0.39, 0.29) is 17.7 Å². The maximum atomic E-state index is 13.5. The smallest absolute Gasteiger partial charge is 0.183 e. The molecule has 3 atom stereocenters. The third-order valence-corrected chi connectivity index (χ3v) is 12.2. The summed E-state index contributed by atoms with van der Waals surface area (Å²) in [6.45, 7) is 9.08. The van der Waals surface area contributed by atoms with E-state index in [0.29, 0.717) is 12.2 Å². The van der Waals surface area contributed by atoms with Crippen LogP contribution in [-0.2, 0) is 28.9 Å². The highest BCUT2D eigenvalue weighted by Gasteiger charge is 2.51. The van der Waals surface area contributed by atoms with Crippen molar-refractivity contribution < 1.29 is 9.29 Å². The zero-order valence-corrected chi connectivity index (χ0v) is 28.8. The van der Waals surface area contributed by atoms with Crippen molar-refractivity contribution in [1.29, 1.82) is 5.26 Å². The van der Waals surface area contributed by atoms with E-state index >= 15 is 0 Å². The Hall–Kier alpha value is -3.76. The van der Waals surface area contributed by atoms with Crippen molar-refractivity contribution in [3.05, 3.63) is 65.1 Å². The van der Waals surface area contributed by atoms with Gasteiger partial charge in [0.2, 0.25) is 0 Å². The van der Waals surface area contributed by atoms with Crippen LogP contribution in [0.4, 0.5) is 17.3 Å². The summed E-state index contributed by atoms with van der Waals surface area (Å²) in [6.07, 6.45) is 11.2. The van der Waals surface area contributed by atoms with Gasteiger partial charge in [-0.25, -0.2) is 14.6 Å². The molecule has 1 spiro atoms. The van der Waals surface area contributed by atoms with E-state index in [9.17, 15) is 9.81 Å². The zero-order chi connectivity index (χ0) is 33.0. The molecule has 12 heteroatoms. The largest absolute Gasteiger partial charge is 0.598 e. The van der Waals surface area contributed by atoms with E-state index in [1.54, 1.807) is 0 Å². The van der Waals surface area contributed by atoms with Gasteiger partial charge in [0.15, 0.2) is 23.2 Å². The lowest BCUT2D eigenvalue weighted by Crippen LogP contribution is -2.50. The Morgan fingerprint density at radius 2 is 1.94 bits per heavy atom. The van der Waals surface area contributed by atoms with E-state index in [2.05, 4.69) is 37.7 Å². The molecule has 6 heterocycles. The van der Waals surface area contributed by atoms with Crippen LogP contribution < -0.4 is 14.5 Å². The first-order chi connectivity index (χ1) is 23.3. The van der Waals surface area contributed by atoms with Crippen LogP contribution in [-0.4, -0.2) is 60.3 Å². The summed E-state index contributed by atoms with van der Waals surface area (Å²) in [6, 6.07) is 12.4. The SMILES string of the molecule is CC(C)(C)[S+]([O-])N[C@@H]1c2c(C#N)cccc2CC12CCN(c1cnc3c(N4CCCc5ncccc54)nn([C@H]4CCCCO4)c3n1)CC2. The van der Waals surface area contributed by atoms with Crippen molar-refractivity contribution in [3.63, 3.8) is 0 Å². The Bertz CT molecular complexity index is 1870. The van der Waals surface area contributed by atoms with Crippen LogP contribution in [0.3, 0.4) is 0 Å². The van der Waals surface area contributed by atoms with Crippen molar-refractivity contribution >= 4 is 39.8 Å². The molecule has 1 N–H and O–H groups in total. The number of pyridine rings is 1. The molecular formula is C36H43N9O2S. The maximum absolute atomic E-state index is 13.5. The summed E-state index contributed by atoms with van der Waals surface area (Å²) in [5.41, 5.74) is 6.43. The number of nitrogens with zero attached hydrogens (tertiary/aromatic N) is 8. The summed E-state index contributed by atoms with van der Waals surface area (Å²) >= 11 is -1.28. The summed E-state index contributed by atoms with van der Waals surface area (Å²) in [4.78, 5) is 19.5. The molecule has 0 bridgehead atoms.